The summed E-state index contributed by atoms with van der Waals surface area (Å²) >= 11 is 0. The van der Waals surface area contributed by atoms with Crippen LogP contribution in [0.3, 0.4) is 0 Å². The fraction of sp³-hybridized carbons (Fsp3) is 0.667. The Morgan fingerprint density at radius 1 is 1.38 bits per heavy atom. The lowest BCUT2D eigenvalue weighted by Gasteiger charge is -2.18. The molecule has 1 aromatic rings. The first-order valence-electron chi connectivity index (χ1n) is 5.69. The Morgan fingerprint density at radius 3 is 2.62 bits per heavy atom. The smallest absolute Gasteiger partial charge is 0.125 e. The van der Waals surface area contributed by atoms with Gasteiger partial charge in [-0.3, -0.25) is 0 Å². The maximum Gasteiger partial charge on any atom is 0.125 e. The number of aliphatic hydroxyl groups excluding tert-OH is 1. The van der Waals surface area contributed by atoms with E-state index in [9.17, 15) is 0 Å². The van der Waals surface area contributed by atoms with E-state index in [0.717, 1.165) is 23.6 Å². The Hall–Kier alpha value is -1.00. The maximum atomic E-state index is 8.94. The predicted octanol–water partition coefficient (Wildman–Crippen LogP) is 1.37. The van der Waals surface area contributed by atoms with Crippen molar-refractivity contribution < 1.29 is 5.11 Å². The van der Waals surface area contributed by atoms with Gasteiger partial charge in [-0.05, 0) is 26.7 Å². The first kappa shape index (κ1) is 13.1. The van der Waals surface area contributed by atoms with E-state index in [1.165, 1.54) is 0 Å². The Bertz CT molecular complexity index is 341. The predicted molar refractivity (Wildman–Crippen MR) is 64.2 cm³/mol. The van der Waals surface area contributed by atoms with Crippen molar-refractivity contribution in [2.45, 2.75) is 33.7 Å². The van der Waals surface area contributed by atoms with Crippen LogP contribution in [0.25, 0.3) is 0 Å². The lowest BCUT2D eigenvalue weighted by atomic mass is 10.1. The first-order valence-corrected chi connectivity index (χ1v) is 5.69. The van der Waals surface area contributed by atoms with Crippen molar-refractivity contribution in [1.29, 1.82) is 0 Å². The van der Waals surface area contributed by atoms with Gasteiger partial charge in [0.1, 0.15) is 5.82 Å². The Morgan fingerprint density at radius 2 is 2.06 bits per heavy atom. The highest BCUT2D eigenvalue weighted by atomic mass is 16.3. The number of nitrogens with zero attached hydrogens (tertiary/aromatic N) is 2. The molecule has 0 aromatic carbocycles. The van der Waals surface area contributed by atoms with E-state index in [-0.39, 0.29) is 18.6 Å². The monoisotopic (exact) mass is 223 g/mol. The molecule has 0 bridgehead atoms. The summed E-state index contributed by atoms with van der Waals surface area (Å²) in [7, 11) is 0. The molecule has 1 rings (SSSR count). The highest BCUT2D eigenvalue weighted by Crippen LogP contribution is 2.14. The standard InChI is InChI=1S/C12H21N3O/c1-8(7-16)5-13-9(2)12-6-14-11(4)15-10(12)3/h6,8-9,13,16H,5,7H2,1-4H3. The molecular weight excluding hydrogens is 202 g/mol. The van der Waals surface area contributed by atoms with Crippen molar-refractivity contribution in [2.24, 2.45) is 5.92 Å². The Kier molecular flexibility index (Phi) is 4.83. The Labute approximate surface area is 97.1 Å². The molecule has 0 aliphatic heterocycles. The zero-order valence-corrected chi connectivity index (χ0v) is 10.5. The fourth-order valence-electron chi connectivity index (χ4n) is 1.57. The summed E-state index contributed by atoms with van der Waals surface area (Å²) in [5.74, 6) is 1.08. The molecule has 2 unspecified atom stereocenters. The van der Waals surface area contributed by atoms with E-state index in [0.29, 0.717) is 0 Å². The van der Waals surface area contributed by atoms with Crippen molar-refractivity contribution in [2.75, 3.05) is 13.2 Å². The van der Waals surface area contributed by atoms with Gasteiger partial charge in [0.2, 0.25) is 0 Å². The molecule has 0 saturated carbocycles. The second kappa shape index (κ2) is 5.92. The van der Waals surface area contributed by atoms with Gasteiger partial charge in [0.25, 0.3) is 0 Å². The number of aromatic nitrogens is 2. The van der Waals surface area contributed by atoms with Gasteiger partial charge >= 0.3 is 0 Å². The van der Waals surface area contributed by atoms with Crippen molar-refractivity contribution in [1.82, 2.24) is 15.3 Å². The quantitative estimate of drug-likeness (QED) is 0.791. The molecule has 90 valence electrons. The van der Waals surface area contributed by atoms with Gasteiger partial charge in [-0.15, -0.1) is 0 Å². The minimum absolute atomic E-state index is 0.211. The number of rotatable bonds is 5. The van der Waals surface area contributed by atoms with Gasteiger partial charge in [0.15, 0.2) is 0 Å². The van der Waals surface area contributed by atoms with Crippen LogP contribution in [0.4, 0.5) is 0 Å². The van der Waals surface area contributed by atoms with E-state index in [4.69, 9.17) is 5.11 Å². The highest BCUT2D eigenvalue weighted by Gasteiger charge is 2.10. The highest BCUT2D eigenvalue weighted by molar-refractivity contribution is 5.19. The van der Waals surface area contributed by atoms with Crippen LogP contribution in [-0.2, 0) is 0 Å². The second-order valence-corrected chi connectivity index (χ2v) is 4.38. The minimum Gasteiger partial charge on any atom is -0.396 e. The molecule has 0 saturated heterocycles. The minimum atomic E-state index is 0.211. The molecule has 0 fully saturated rings. The molecular formula is C12H21N3O. The van der Waals surface area contributed by atoms with Crippen LogP contribution >= 0.6 is 0 Å². The summed E-state index contributed by atoms with van der Waals surface area (Å²) in [4.78, 5) is 8.55. The SMILES string of the molecule is Cc1ncc(C(C)NCC(C)CO)c(C)n1. The molecule has 0 aliphatic rings. The number of aryl methyl sites for hydroxylation is 2. The van der Waals surface area contributed by atoms with Gasteiger partial charge in [-0.2, -0.15) is 0 Å². The molecule has 0 radical (unpaired) electrons. The van der Waals surface area contributed by atoms with Crippen molar-refractivity contribution in [3.63, 3.8) is 0 Å². The molecule has 0 aliphatic carbocycles. The summed E-state index contributed by atoms with van der Waals surface area (Å²) in [5.41, 5.74) is 2.14. The molecule has 2 atom stereocenters. The van der Waals surface area contributed by atoms with Gasteiger partial charge < -0.3 is 10.4 Å². The summed E-state index contributed by atoms with van der Waals surface area (Å²) in [6.45, 7) is 9.00. The zero-order chi connectivity index (χ0) is 12.1. The third-order valence-corrected chi connectivity index (χ3v) is 2.69. The molecule has 0 amide bonds. The van der Waals surface area contributed by atoms with Crippen LogP contribution in [0, 0.1) is 19.8 Å². The van der Waals surface area contributed by atoms with Gasteiger partial charge in [0.05, 0.1) is 0 Å². The molecule has 16 heavy (non-hydrogen) atoms. The number of nitrogens with one attached hydrogen (secondary N) is 1. The lowest BCUT2D eigenvalue weighted by Crippen LogP contribution is -2.26. The normalized spacial score (nSPS) is 14.8. The molecule has 4 nitrogen and oxygen atoms in total. The largest absolute Gasteiger partial charge is 0.396 e. The first-order chi connectivity index (χ1) is 7.54. The van der Waals surface area contributed by atoms with Crippen LogP contribution in [0.2, 0.25) is 0 Å². The van der Waals surface area contributed by atoms with Gasteiger partial charge in [-0.1, -0.05) is 6.92 Å². The lowest BCUT2D eigenvalue weighted by molar-refractivity contribution is 0.231. The van der Waals surface area contributed by atoms with Crippen molar-refractivity contribution in [3.05, 3.63) is 23.3 Å². The number of hydrogen-bond acceptors (Lipinski definition) is 4. The van der Waals surface area contributed by atoms with Gasteiger partial charge in [0, 0.05) is 36.6 Å². The third-order valence-electron chi connectivity index (χ3n) is 2.69. The van der Waals surface area contributed by atoms with Crippen LogP contribution in [0.5, 0.6) is 0 Å². The van der Waals surface area contributed by atoms with Crippen molar-refractivity contribution in [3.8, 4) is 0 Å². The van der Waals surface area contributed by atoms with Crippen LogP contribution in [0.15, 0.2) is 6.20 Å². The van der Waals surface area contributed by atoms with E-state index in [2.05, 4.69) is 22.2 Å². The fourth-order valence-corrected chi connectivity index (χ4v) is 1.57. The summed E-state index contributed by atoms with van der Waals surface area (Å²) in [6, 6.07) is 0.217. The molecule has 1 heterocycles. The van der Waals surface area contributed by atoms with E-state index in [1.54, 1.807) is 0 Å². The van der Waals surface area contributed by atoms with Gasteiger partial charge in [-0.25, -0.2) is 9.97 Å². The Balaban J connectivity index is 2.62. The molecule has 0 spiro atoms. The second-order valence-electron chi connectivity index (χ2n) is 4.38. The molecule has 4 heteroatoms. The summed E-state index contributed by atoms with van der Waals surface area (Å²) in [5, 5.41) is 12.3. The van der Waals surface area contributed by atoms with Crippen molar-refractivity contribution >= 4 is 0 Å². The van der Waals surface area contributed by atoms with Crippen LogP contribution in [-0.4, -0.2) is 28.2 Å². The molecule has 2 N–H and O–H groups in total. The maximum absolute atomic E-state index is 8.94. The average molecular weight is 223 g/mol. The topological polar surface area (TPSA) is 58.0 Å². The summed E-state index contributed by atoms with van der Waals surface area (Å²) in [6.07, 6.45) is 1.87. The molecule has 1 aromatic heterocycles. The van der Waals surface area contributed by atoms with E-state index < -0.39 is 0 Å². The van der Waals surface area contributed by atoms with Crippen LogP contribution in [0.1, 0.15) is 37.0 Å². The average Bonchev–Trinajstić information content (AvgIpc) is 2.25. The third kappa shape index (κ3) is 3.54. The number of aliphatic hydroxyl groups is 1. The van der Waals surface area contributed by atoms with Crippen LogP contribution < -0.4 is 5.32 Å². The zero-order valence-electron chi connectivity index (χ0n) is 10.5. The van der Waals surface area contributed by atoms with E-state index >= 15 is 0 Å². The number of hydrogen-bond donors (Lipinski definition) is 2. The summed E-state index contributed by atoms with van der Waals surface area (Å²) < 4.78 is 0. The van der Waals surface area contributed by atoms with E-state index in [1.807, 2.05) is 27.0 Å².